The Morgan fingerprint density at radius 2 is 1.77 bits per heavy atom. The molecule has 0 aliphatic carbocycles. The van der Waals surface area contributed by atoms with Crippen LogP contribution in [-0.4, -0.2) is 103 Å². The zero-order valence-corrected chi connectivity index (χ0v) is 18.2. The largest absolute Gasteiger partial charge is 0.481 e. The Morgan fingerprint density at radius 3 is 2.47 bits per heavy atom. The van der Waals surface area contributed by atoms with Crippen molar-refractivity contribution >= 4 is 17.8 Å². The maximum Gasteiger partial charge on any atom is 0.303 e. The van der Waals surface area contributed by atoms with Crippen LogP contribution in [-0.2, 0) is 14.4 Å². The van der Waals surface area contributed by atoms with Crippen molar-refractivity contribution in [2.75, 3.05) is 59.4 Å². The summed E-state index contributed by atoms with van der Waals surface area (Å²) in [6, 6.07) is 0.406. The molecular formula is C21H37N5O4. The Balaban J connectivity index is 1.58. The van der Waals surface area contributed by atoms with Crippen LogP contribution in [0.15, 0.2) is 12.3 Å². The van der Waals surface area contributed by atoms with Crippen molar-refractivity contribution in [2.45, 2.75) is 44.6 Å². The van der Waals surface area contributed by atoms with Crippen LogP contribution in [0.25, 0.3) is 0 Å². The van der Waals surface area contributed by atoms with E-state index < -0.39 is 5.97 Å². The van der Waals surface area contributed by atoms with Crippen LogP contribution >= 0.6 is 0 Å². The highest BCUT2D eigenvalue weighted by atomic mass is 16.5. The van der Waals surface area contributed by atoms with Gasteiger partial charge in [-0.05, 0) is 32.2 Å². The lowest BCUT2D eigenvalue weighted by atomic mass is 10.3. The number of carbonyl (C=O) groups excluding carboxylic acids is 2. The number of likely N-dealkylation sites (tertiary alicyclic amines) is 1. The van der Waals surface area contributed by atoms with Gasteiger partial charge in [0.25, 0.3) is 0 Å². The van der Waals surface area contributed by atoms with Crippen molar-refractivity contribution in [3.8, 4) is 0 Å². The molecule has 30 heavy (non-hydrogen) atoms. The molecule has 170 valence electrons. The molecule has 2 fully saturated rings. The van der Waals surface area contributed by atoms with E-state index in [1.165, 1.54) is 0 Å². The topological polar surface area (TPSA) is 105 Å². The smallest absolute Gasteiger partial charge is 0.303 e. The molecule has 2 aliphatic heterocycles. The molecule has 1 atom stereocenters. The van der Waals surface area contributed by atoms with Crippen molar-refractivity contribution in [1.82, 2.24) is 25.3 Å². The van der Waals surface area contributed by atoms with E-state index in [0.29, 0.717) is 44.9 Å². The number of aliphatic carboxylic acids is 1. The van der Waals surface area contributed by atoms with Crippen molar-refractivity contribution in [1.29, 1.82) is 0 Å². The minimum Gasteiger partial charge on any atom is -0.481 e. The molecule has 2 aliphatic rings. The summed E-state index contributed by atoms with van der Waals surface area (Å²) in [5.41, 5.74) is 1.15. The summed E-state index contributed by atoms with van der Waals surface area (Å²) in [6.45, 7) is 10.2. The van der Waals surface area contributed by atoms with Crippen LogP contribution in [0.4, 0.5) is 0 Å². The molecule has 0 aromatic heterocycles. The Morgan fingerprint density at radius 1 is 1.07 bits per heavy atom. The molecule has 0 saturated carbocycles. The van der Waals surface area contributed by atoms with E-state index in [2.05, 4.69) is 39.0 Å². The number of hydrogen-bond donors (Lipinski definition) is 3. The number of carboxylic acids is 1. The summed E-state index contributed by atoms with van der Waals surface area (Å²) in [7, 11) is 2.08. The second-order valence-corrected chi connectivity index (χ2v) is 8.29. The molecule has 2 rings (SSSR count). The molecule has 2 amide bonds. The summed E-state index contributed by atoms with van der Waals surface area (Å²) in [5.74, 6) is -0.962. The highest BCUT2D eigenvalue weighted by molar-refractivity contribution is 5.78. The Kier molecular flexibility index (Phi) is 10.1. The second-order valence-electron chi connectivity index (χ2n) is 8.29. The van der Waals surface area contributed by atoms with Gasteiger partial charge in [-0.2, -0.15) is 0 Å². The standard InChI is InChI=1S/C21H37N5O4/c1-17-14-25(13-12-24(17)2)15-18-6-5-11-26(18)16-20(28)23-9-3-7-19(27)22-10-4-8-21(29)30/h18H,1,3-16H2,2H3,(H,22,27)(H,23,28)(H,29,30)/i1+1,3+1,7+1,8+1,9+1,15+1,17+1,19+1,21+1,22+1,23+1,26+1. The van der Waals surface area contributed by atoms with Gasteiger partial charge in [-0.25, -0.2) is 0 Å². The predicted molar refractivity (Wildman–Crippen MR) is 115 cm³/mol. The van der Waals surface area contributed by atoms with Crippen LogP contribution in [0.3, 0.4) is 0 Å². The predicted octanol–water partition coefficient (Wildman–Crippen LogP) is 0.0893. The molecule has 0 aromatic carbocycles. The molecular weight excluding hydrogens is 398 g/mol. The number of rotatable bonds is 12. The van der Waals surface area contributed by atoms with Gasteiger partial charge in [0.1, 0.15) is 0 Å². The number of likely N-dealkylation sites (N-methyl/N-ethyl adjacent to an activating group) is 1. The summed E-state index contributed by atoms with van der Waals surface area (Å²) in [6.07, 6.45) is 3.62. The maximum absolute atomic E-state index is 12.3. The van der Waals surface area contributed by atoms with Crippen molar-refractivity contribution in [2.24, 2.45) is 0 Å². The first-order valence-electron chi connectivity index (χ1n) is 11.0. The number of hydrogen-bond acceptors (Lipinski definition) is 6. The monoisotopic (exact) mass is 435 g/mol. The fraction of sp³-hybridized carbons (Fsp3) is 0.762. The third-order valence-electron chi connectivity index (χ3n) is 5.80. The number of carboxylic acid groups (broad SMARTS) is 1. The lowest BCUT2D eigenvalue weighted by Gasteiger charge is -2.38. The van der Waals surface area contributed by atoms with E-state index in [-0.39, 0.29) is 18.2 Å². The van der Waals surface area contributed by atoms with Gasteiger partial charge in [-0.3, -0.25) is 24.2 Å². The van der Waals surface area contributed by atoms with Gasteiger partial charge >= 0.3 is 5.97 Å². The van der Waals surface area contributed by atoms with Gasteiger partial charge in [0.15, 0.2) is 0 Å². The SMILES string of the molecule is CN1CCN([13CH2]C2CCC[15N]2CC(=O)[15NH][13CH2][13CH2][13CH2][13C](=O)[15NH]CC[13CH2][13C](=O)O)C[13C]1=[13CH2]. The lowest BCUT2D eigenvalue weighted by molar-refractivity contribution is -0.137. The van der Waals surface area contributed by atoms with Crippen LogP contribution in [0.2, 0.25) is 0 Å². The van der Waals surface area contributed by atoms with Gasteiger partial charge < -0.3 is 20.6 Å². The van der Waals surface area contributed by atoms with Crippen LogP contribution in [0, 0.1) is 0 Å². The summed E-state index contributed by atoms with van der Waals surface area (Å²) >= 11 is 0. The number of nitrogens with one attached hydrogen (secondary N) is 2. The van der Waals surface area contributed by atoms with Crippen LogP contribution in [0.5, 0.6) is 0 Å². The second kappa shape index (κ2) is 12.5. The maximum atomic E-state index is 12.3. The third-order valence-corrected chi connectivity index (χ3v) is 5.80. The third kappa shape index (κ3) is 8.71. The Bertz CT molecular complexity index is 612. The minimum atomic E-state index is -0.860. The van der Waals surface area contributed by atoms with Crippen molar-refractivity contribution < 1.29 is 19.5 Å². The van der Waals surface area contributed by atoms with Gasteiger partial charge in [0.05, 0.1) is 6.54 Å². The molecule has 0 spiro atoms. The van der Waals surface area contributed by atoms with E-state index in [4.69, 9.17) is 5.11 Å². The minimum absolute atomic E-state index is 0.00607. The Labute approximate surface area is 179 Å². The number of amides is 2. The number of carbonyl (C=O) groups is 3. The fourth-order valence-electron chi connectivity index (χ4n) is 3.94. The van der Waals surface area contributed by atoms with E-state index in [1.54, 1.807) is 0 Å². The molecule has 0 radical (unpaired) electrons. The molecule has 2 saturated heterocycles. The molecule has 1 unspecified atom stereocenters. The zero-order chi connectivity index (χ0) is 21.9. The fourth-order valence-corrected chi connectivity index (χ4v) is 3.94. The highest BCUT2D eigenvalue weighted by Crippen LogP contribution is 2.19. The Hall–Kier alpha value is -2.13. The first kappa shape index (κ1) is 24.1. The number of nitrogens with zero attached hydrogens (tertiary/aromatic N) is 3. The molecule has 0 bridgehead atoms. The summed E-state index contributed by atoms with van der Waals surface area (Å²) < 4.78 is 0. The molecule has 3 N–H and O–H groups in total. The average Bonchev–Trinajstić information content (AvgIpc) is 3.11. The van der Waals surface area contributed by atoms with E-state index >= 15 is 0 Å². The molecule has 2 heterocycles. The quantitative estimate of drug-likeness (QED) is 0.227. The zero-order valence-electron chi connectivity index (χ0n) is 18.2. The van der Waals surface area contributed by atoms with Crippen LogP contribution < -0.4 is 10.6 Å². The van der Waals surface area contributed by atoms with E-state index in [9.17, 15) is 14.4 Å². The lowest BCUT2D eigenvalue weighted by Crippen LogP contribution is -2.49. The van der Waals surface area contributed by atoms with Gasteiger partial charge in [0, 0.05) is 70.9 Å². The van der Waals surface area contributed by atoms with Gasteiger partial charge in [-0.1, -0.05) is 6.58 Å². The first-order chi connectivity index (χ1) is 14.3. The molecule has 9 heteroatoms. The van der Waals surface area contributed by atoms with Gasteiger partial charge in [-0.15, -0.1) is 0 Å². The molecule has 0 aromatic rings. The summed E-state index contributed by atoms with van der Waals surface area (Å²) in [4.78, 5) is 41.3. The van der Waals surface area contributed by atoms with E-state index in [1.807, 2.05) is 0 Å². The first-order valence-corrected chi connectivity index (χ1v) is 11.0. The van der Waals surface area contributed by atoms with Gasteiger partial charge in [0.2, 0.25) is 11.8 Å². The average molecular weight is 435 g/mol. The van der Waals surface area contributed by atoms with E-state index in [0.717, 1.165) is 51.3 Å². The normalized spacial score (nSPS) is 20.4. The van der Waals surface area contributed by atoms with Crippen molar-refractivity contribution in [3.05, 3.63) is 12.3 Å². The summed E-state index contributed by atoms with van der Waals surface area (Å²) in [5, 5.41) is 14.2. The number of piperazine rings is 1. The molecule has 9 nitrogen and oxygen atoms in total. The van der Waals surface area contributed by atoms with Crippen molar-refractivity contribution in [3.63, 3.8) is 0 Å². The highest BCUT2D eigenvalue weighted by Gasteiger charge is 2.29. The van der Waals surface area contributed by atoms with Crippen LogP contribution in [0.1, 0.15) is 38.5 Å².